The first kappa shape index (κ1) is 17.9. The third-order valence-corrected chi connectivity index (χ3v) is 6.21. The number of aromatic amines is 1. The Morgan fingerprint density at radius 3 is 2.59 bits per heavy atom. The van der Waals surface area contributed by atoms with Crippen molar-refractivity contribution in [3.63, 3.8) is 0 Å². The van der Waals surface area contributed by atoms with E-state index >= 15 is 4.39 Å². The molecule has 1 N–H and O–H groups in total. The van der Waals surface area contributed by atoms with E-state index in [9.17, 15) is 9.59 Å². The third-order valence-electron chi connectivity index (χ3n) is 5.33. The number of hydrogen-bond donors (Lipinski definition) is 1. The molecule has 0 aliphatic heterocycles. The van der Waals surface area contributed by atoms with E-state index in [1.54, 1.807) is 24.3 Å². The van der Waals surface area contributed by atoms with Gasteiger partial charge in [0.15, 0.2) is 0 Å². The second-order valence-electron chi connectivity index (χ2n) is 7.06. The summed E-state index contributed by atoms with van der Waals surface area (Å²) in [6.07, 6.45) is 1.91. The summed E-state index contributed by atoms with van der Waals surface area (Å²) < 4.78 is 30.5. The Morgan fingerprint density at radius 1 is 1.10 bits per heavy atom. The molecule has 1 fully saturated rings. The molecule has 2 aromatic carbocycles. The number of aromatic nitrogens is 2. The Bertz CT molecular complexity index is 1400. The molecule has 5 rings (SSSR count). The number of rotatable bonds is 4. The molecule has 0 atom stereocenters. The zero-order valence-electron chi connectivity index (χ0n) is 15.7. The van der Waals surface area contributed by atoms with Gasteiger partial charge >= 0.3 is 0 Å². The number of H-pyrrole nitrogens is 1. The average molecular weight is 412 g/mol. The van der Waals surface area contributed by atoms with Gasteiger partial charge in [0.1, 0.15) is 27.5 Å². The van der Waals surface area contributed by atoms with Crippen LogP contribution in [0.3, 0.4) is 0 Å². The Balaban J connectivity index is 1.90. The lowest BCUT2D eigenvalue weighted by atomic mass is 10.0. The molecular formula is C21H17FN2O4S. The fraction of sp³-hybridized carbons (Fsp3) is 0.238. The zero-order valence-corrected chi connectivity index (χ0v) is 16.6. The van der Waals surface area contributed by atoms with E-state index in [0.717, 1.165) is 24.4 Å². The summed E-state index contributed by atoms with van der Waals surface area (Å²) in [5, 5.41) is 0.303. The van der Waals surface area contributed by atoms with Gasteiger partial charge < -0.3 is 14.0 Å². The Morgan fingerprint density at radius 2 is 1.90 bits per heavy atom. The predicted molar refractivity (Wildman–Crippen MR) is 111 cm³/mol. The maximum atomic E-state index is 15.2. The van der Waals surface area contributed by atoms with Gasteiger partial charge in [0, 0.05) is 22.6 Å². The lowest BCUT2D eigenvalue weighted by Gasteiger charge is -2.15. The lowest BCUT2D eigenvalue weighted by molar-refractivity contribution is 0.404. The minimum Gasteiger partial charge on any atom is -0.497 e. The standard InChI is InChI=1S/C21H17FN2O4S/c1-27-11-5-6-17(28-2)13(7-11)12-9-16-14(8-15(12)22)19(25)18-20(26)23-29-21(18)24(16)10-3-4-10/h5-10H,3-4H2,1-2H3,(H,23,26). The summed E-state index contributed by atoms with van der Waals surface area (Å²) in [7, 11) is 3.06. The second kappa shape index (κ2) is 6.45. The first-order valence-electron chi connectivity index (χ1n) is 9.14. The maximum absolute atomic E-state index is 15.2. The van der Waals surface area contributed by atoms with Gasteiger partial charge in [-0.2, -0.15) is 0 Å². The van der Waals surface area contributed by atoms with Gasteiger partial charge in [0.05, 0.1) is 19.7 Å². The van der Waals surface area contributed by atoms with E-state index in [-0.39, 0.29) is 16.8 Å². The number of halogens is 1. The Kier molecular flexibility index (Phi) is 3.99. The molecular weight excluding hydrogens is 395 g/mol. The molecule has 0 amide bonds. The molecule has 2 aromatic heterocycles. The molecule has 0 unspecified atom stereocenters. The van der Waals surface area contributed by atoms with E-state index in [4.69, 9.17) is 9.47 Å². The monoisotopic (exact) mass is 412 g/mol. The average Bonchev–Trinajstić information content (AvgIpc) is 3.49. The van der Waals surface area contributed by atoms with Crippen LogP contribution >= 0.6 is 11.5 Å². The van der Waals surface area contributed by atoms with Crippen molar-refractivity contribution >= 4 is 32.7 Å². The van der Waals surface area contributed by atoms with Crippen LogP contribution in [0.5, 0.6) is 11.5 Å². The number of nitrogens with zero attached hydrogens (tertiary/aromatic N) is 1. The van der Waals surface area contributed by atoms with Crippen LogP contribution in [-0.2, 0) is 0 Å². The highest BCUT2D eigenvalue weighted by atomic mass is 32.1. The van der Waals surface area contributed by atoms with Gasteiger partial charge in [0.25, 0.3) is 5.56 Å². The highest BCUT2D eigenvalue weighted by molar-refractivity contribution is 7.12. The topological polar surface area (TPSA) is 73.3 Å². The fourth-order valence-electron chi connectivity index (χ4n) is 3.78. The number of methoxy groups -OCH3 is 2. The van der Waals surface area contributed by atoms with Crippen molar-refractivity contribution in [3.8, 4) is 22.6 Å². The maximum Gasteiger partial charge on any atom is 0.271 e. The number of nitrogens with one attached hydrogen (secondary N) is 1. The molecule has 6 nitrogen and oxygen atoms in total. The highest BCUT2D eigenvalue weighted by Gasteiger charge is 2.29. The largest absolute Gasteiger partial charge is 0.497 e. The molecule has 0 radical (unpaired) electrons. The summed E-state index contributed by atoms with van der Waals surface area (Å²) in [5.74, 6) is 0.505. The van der Waals surface area contributed by atoms with Crippen LogP contribution in [0, 0.1) is 5.82 Å². The smallest absolute Gasteiger partial charge is 0.271 e. The molecule has 0 saturated heterocycles. The quantitative estimate of drug-likeness (QED) is 0.549. The van der Waals surface area contributed by atoms with E-state index in [1.165, 1.54) is 20.3 Å². The third kappa shape index (κ3) is 2.66. The summed E-state index contributed by atoms with van der Waals surface area (Å²) in [5.41, 5.74) is 0.580. The minimum atomic E-state index is -0.561. The van der Waals surface area contributed by atoms with Gasteiger partial charge in [-0.25, -0.2) is 4.39 Å². The van der Waals surface area contributed by atoms with Crippen molar-refractivity contribution < 1.29 is 13.9 Å². The Labute approximate surface area is 168 Å². The molecule has 1 aliphatic rings. The molecule has 0 bridgehead atoms. The van der Waals surface area contributed by atoms with Crippen LogP contribution in [0.1, 0.15) is 18.9 Å². The highest BCUT2D eigenvalue weighted by Crippen LogP contribution is 2.42. The predicted octanol–water partition coefficient (Wildman–Crippen LogP) is 4.06. The number of benzene rings is 2. The van der Waals surface area contributed by atoms with E-state index in [0.29, 0.717) is 33.0 Å². The molecule has 8 heteroatoms. The van der Waals surface area contributed by atoms with E-state index in [1.807, 2.05) is 4.57 Å². The number of hydrogen-bond acceptors (Lipinski definition) is 5. The van der Waals surface area contributed by atoms with Gasteiger partial charge in [-0.1, -0.05) is 0 Å². The summed E-state index contributed by atoms with van der Waals surface area (Å²) in [6.45, 7) is 0. The van der Waals surface area contributed by atoms with Crippen molar-refractivity contribution in [2.75, 3.05) is 14.2 Å². The van der Waals surface area contributed by atoms with Crippen molar-refractivity contribution in [1.29, 1.82) is 0 Å². The van der Waals surface area contributed by atoms with Crippen LogP contribution in [0.2, 0.25) is 0 Å². The molecule has 4 aromatic rings. The van der Waals surface area contributed by atoms with Crippen LogP contribution in [-0.4, -0.2) is 23.2 Å². The summed E-state index contributed by atoms with van der Waals surface area (Å²) in [4.78, 5) is 25.7. The van der Waals surface area contributed by atoms with Gasteiger partial charge in [-0.3, -0.25) is 14.0 Å². The molecule has 0 spiro atoms. The SMILES string of the molecule is COc1ccc(OC)c(-c2cc3c(cc2F)c(=O)c2c(=O)[nH]sc2n3C2CC2)c1. The van der Waals surface area contributed by atoms with Crippen molar-refractivity contribution in [2.45, 2.75) is 18.9 Å². The first-order valence-corrected chi connectivity index (χ1v) is 9.96. The summed E-state index contributed by atoms with van der Waals surface area (Å²) in [6, 6.07) is 8.25. The first-order chi connectivity index (χ1) is 14.0. The fourth-order valence-corrected chi connectivity index (χ4v) is 4.70. The zero-order chi connectivity index (χ0) is 20.3. The lowest BCUT2D eigenvalue weighted by Crippen LogP contribution is -2.15. The van der Waals surface area contributed by atoms with Crippen LogP contribution < -0.4 is 20.5 Å². The van der Waals surface area contributed by atoms with Gasteiger partial charge in [0.2, 0.25) is 5.43 Å². The normalized spacial score (nSPS) is 13.9. The molecule has 29 heavy (non-hydrogen) atoms. The van der Waals surface area contributed by atoms with Crippen LogP contribution in [0.15, 0.2) is 39.9 Å². The van der Waals surface area contributed by atoms with E-state index in [2.05, 4.69) is 4.37 Å². The molecule has 2 heterocycles. The van der Waals surface area contributed by atoms with Crippen LogP contribution in [0.4, 0.5) is 4.39 Å². The number of fused-ring (bicyclic) bond motifs is 2. The summed E-state index contributed by atoms with van der Waals surface area (Å²) >= 11 is 1.14. The molecule has 1 saturated carbocycles. The number of pyridine rings is 1. The Hall–Kier alpha value is -3.13. The molecule has 1 aliphatic carbocycles. The van der Waals surface area contributed by atoms with Gasteiger partial charge in [-0.15, -0.1) is 0 Å². The van der Waals surface area contributed by atoms with Crippen molar-refractivity contribution in [2.24, 2.45) is 0 Å². The number of ether oxygens (including phenoxy) is 2. The van der Waals surface area contributed by atoms with Gasteiger partial charge in [-0.05, 0) is 54.7 Å². The minimum absolute atomic E-state index is 0.0977. The van der Waals surface area contributed by atoms with E-state index < -0.39 is 16.8 Å². The van der Waals surface area contributed by atoms with Crippen LogP contribution in [0.25, 0.3) is 32.2 Å². The van der Waals surface area contributed by atoms with Crippen molar-refractivity contribution in [1.82, 2.24) is 8.94 Å². The van der Waals surface area contributed by atoms with Crippen molar-refractivity contribution in [3.05, 3.63) is 56.7 Å². The second-order valence-corrected chi connectivity index (χ2v) is 7.85. The molecule has 148 valence electrons.